The minimum absolute atomic E-state index is 0.414. The summed E-state index contributed by atoms with van der Waals surface area (Å²) in [6, 6.07) is 15.3. The van der Waals surface area contributed by atoms with Crippen LogP contribution in [0.1, 0.15) is 29.0 Å². The normalized spacial score (nSPS) is 12.7. The van der Waals surface area contributed by atoms with Gasteiger partial charge < -0.3 is 5.32 Å². The van der Waals surface area contributed by atoms with E-state index in [0.717, 1.165) is 18.5 Å². The standard InChI is InChI=1S/C18H21N3/c1-13-10-15(11-16-12-20-21-18(13)16)17(8-9-19-2)14-6-4-3-5-7-14/h3-7,10-12,17,19H,8-9H2,1-2H3,(H,20,21)/t17-/m0/s1. The number of nitrogens with one attached hydrogen (secondary N) is 2. The summed E-state index contributed by atoms with van der Waals surface area (Å²) in [5, 5.41) is 11.7. The Hall–Kier alpha value is -2.13. The lowest BCUT2D eigenvalue weighted by molar-refractivity contribution is 0.662. The second-order valence-electron chi connectivity index (χ2n) is 5.53. The number of hydrogen-bond acceptors (Lipinski definition) is 2. The largest absolute Gasteiger partial charge is 0.320 e. The molecule has 1 atom stereocenters. The molecule has 0 aliphatic rings. The third kappa shape index (κ3) is 2.83. The van der Waals surface area contributed by atoms with Gasteiger partial charge in [0.1, 0.15) is 0 Å². The van der Waals surface area contributed by atoms with Gasteiger partial charge in [-0.2, -0.15) is 5.10 Å². The summed E-state index contributed by atoms with van der Waals surface area (Å²) in [5.41, 5.74) is 5.13. The van der Waals surface area contributed by atoms with Crippen LogP contribution in [-0.2, 0) is 0 Å². The van der Waals surface area contributed by atoms with Crippen LogP contribution in [0.15, 0.2) is 48.7 Å². The Labute approximate surface area is 125 Å². The molecule has 3 aromatic rings. The molecule has 0 aliphatic carbocycles. The molecular formula is C18H21N3. The van der Waals surface area contributed by atoms with Crippen LogP contribution in [0.5, 0.6) is 0 Å². The molecule has 0 fully saturated rings. The number of benzene rings is 2. The summed E-state index contributed by atoms with van der Waals surface area (Å²) in [7, 11) is 2.01. The van der Waals surface area contributed by atoms with Crippen molar-refractivity contribution in [2.24, 2.45) is 0 Å². The summed E-state index contributed by atoms with van der Waals surface area (Å²) in [6.07, 6.45) is 3.00. The van der Waals surface area contributed by atoms with Gasteiger partial charge in [0, 0.05) is 11.3 Å². The van der Waals surface area contributed by atoms with E-state index in [-0.39, 0.29) is 0 Å². The fourth-order valence-corrected chi connectivity index (χ4v) is 2.97. The van der Waals surface area contributed by atoms with Crippen LogP contribution in [0.4, 0.5) is 0 Å². The summed E-state index contributed by atoms with van der Waals surface area (Å²) in [5.74, 6) is 0.414. The monoisotopic (exact) mass is 279 g/mol. The van der Waals surface area contributed by atoms with Crippen molar-refractivity contribution in [2.45, 2.75) is 19.3 Å². The predicted octanol–water partition coefficient (Wildman–Crippen LogP) is 3.61. The van der Waals surface area contributed by atoms with Crippen molar-refractivity contribution in [3.8, 4) is 0 Å². The van der Waals surface area contributed by atoms with E-state index in [1.165, 1.54) is 22.1 Å². The summed E-state index contributed by atoms with van der Waals surface area (Å²) < 4.78 is 0. The van der Waals surface area contributed by atoms with Crippen molar-refractivity contribution >= 4 is 10.9 Å². The van der Waals surface area contributed by atoms with E-state index >= 15 is 0 Å². The smallest absolute Gasteiger partial charge is 0.0679 e. The quantitative estimate of drug-likeness (QED) is 0.749. The molecule has 0 saturated carbocycles. The maximum atomic E-state index is 4.16. The second-order valence-corrected chi connectivity index (χ2v) is 5.53. The Morgan fingerprint density at radius 2 is 1.95 bits per heavy atom. The molecule has 0 bridgehead atoms. The Morgan fingerprint density at radius 1 is 1.14 bits per heavy atom. The third-order valence-corrected chi connectivity index (χ3v) is 4.06. The van der Waals surface area contributed by atoms with E-state index in [2.05, 4.69) is 64.9 Å². The summed E-state index contributed by atoms with van der Waals surface area (Å²) in [4.78, 5) is 0. The highest BCUT2D eigenvalue weighted by Crippen LogP contribution is 2.31. The zero-order chi connectivity index (χ0) is 14.7. The number of nitrogens with zero attached hydrogens (tertiary/aromatic N) is 1. The van der Waals surface area contributed by atoms with Gasteiger partial charge in [-0.05, 0) is 49.7 Å². The molecule has 2 N–H and O–H groups in total. The third-order valence-electron chi connectivity index (χ3n) is 4.06. The van der Waals surface area contributed by atoms with Crippen molar-refractivity contribution in [1.29, 1.82) is 0 Å². The number of aromatic nitrogens is 2. The first kappa shape index (κ1) is 13.8. The van der Waals surface area contributed by atoms with Crippen LogP contribution in [0, 0.1) is 6.92 Å². The number of fused-ring (bicyclic) bond motifs is 1. The molecule has 0 amide bonds. The lowest BCUT2D eigenvalue weighted by Crippen LogP contribution is -2.13. The van der Waals surface area contributed by atoms with Crippen molar-refractivity contribution in [2.75, 3.05) is 13.6 Å². The molecule has 0 saturated heterocycles. The first-order chi connectivity index (χ1) is 10.3. The predicted molar refractivity (Wildman–Crippen MR) is 87.7 cm³/mol. The molecule has 3 heteroatoms. The van der Waals surface area contributed by atoms with Crippen molar-refractivity contribution in [3.05, 3.63) is 65.4 Å². The van der Waals surface area contributed by atoms with Crippen LogP contribution in [-0.4, -0.2) is 23.8 Å². The van der Waals surface area contributed by atoms with Gasteiger partial charge in [-0.15, -0.1) is 0 Å². The molecule has 0 radical (unpaired) electrons. The molecule has 1 aromatic heterocycles. The molecule has 0 unspecified atom stereocenters. The van der Waals surface area contributed by atoms with Gasteiger partial charge in [-0.25, -0.2) is 0 Å². The molecule has 2 aromatic carbocycles. The molecule has 21 heavy (non-hydrogen) atoms. The minimum Gasteiger partial charge on any atom is -0.320 e. The van der Waals surface area contributed by atoms with E-state index in [0.29, 0.717) is 5.92 Å². The van der Waals surface area contributed by atoms with Crippen molar-refractivity contribution in [1.82, 2.24) is 15.5 Å². The highest BCUT2D eigenvalue weighted by atomic mass is 15.1. The number of hydrogen-bond donors (Lipinski definition) is 2. The van der Waals surface area contributed by atoms with Crippen molar-refractivity contribution < 1.29 is 0 Å². The zero-order valence-electron chi connectivity index (χ0n) is 12.6. The summed E-state index contributed by atoms with van der Waals surface area (Å²) in [6.45, 7) is 3.15. The Balaban J connectivity index is 2.05. The lowest BCUT2D eigenvalue weighted by atomic mass is 9.87. The van der Waals surface area contributed by atoms with Crippen LogP contribution < -0.4 is 5.32 Å². The Bertz CT molecular complexity index is 716. The topological polar surface area (TPSA) is 40.7 Å². The molecule has 0 spiro atoms. The Kier molecular flexibility index (Phi) is 4.02. The van der Waals surface area contributed by atoms with E-state index < -0.39 is 0 Å². The molecule has 3 nitrogen and oxygen atoms in total. The number of aryl methyl sites for hydroxylation is 1. The first-order valence-electron chi connectivity index (χ1n) is 7.43. The van der Waals surface area contributed by atoms with Crippen LogP contribution >= 0.6 is 0 Å². The van der Waals surface area contributed by atoms with Gasteiger partial charge in [0.05, 0.1) is 11.7 Å². The minimum atomic E-state index is 0.414. The van der Waals surface area contributed by atoms with Gasteiger partial charge in [-0.1, -0.05) is 36.4 Å². The lowest BCUT2D eigenvalue weighted by Gasteiger charge is -2.19. The fraction of sp³-hybridized carbons (Fsp3) is 0.278. The zero-order valence-corrected chi connectivity index (χ0v) is 12.6. The number of aromatic amines is 1. The van der Waals surface area contributed by atoms with E-state index in [9.17, 15) is 0 Å². The maximum absolute atomic E-state index is 4.16. The van der Waals surface area contributed by atoms with Gasteiger partial charge >= 0.3 is 0 Å². The number of H-pyrrole nitrogens is 1. The molecular weight excluding hydrogens is 258 g/mol. The molecule has 1 heterocycles. The number of rotatable bonds is 5. The average molecular weight is 279 g/mol. The van der Waals surface area contributed by atoms with Gasteiger partial charge in [0.2, 0.25) is 0 Å². The molecule has 3 rings (SSSR count). The van der Waals surface area contributed by atoms with Gasteiger partial charge in [0.15, 0.2) is 0 Å². The van der Waals surface area contributed by atoms with Crippen molar-refractivity contribution in [3.63, 3.8) is 0 Å². The van der Waals surface area contributed by atoms with Crippen LogP contribution in [0.25, 0.3) is 10.9 Å². The van der Waals surface area contributed by atoms with Crippen LogP contribution in [0.3, 0.4) is 0 Å². The second kappa shape index (κ2) is 6.10. The van der Waals surface area contributed by atoms with E-state index in [4.69, 9.17) is 0 Å². The SMILES string of the molecule is CNCC[C@@H](c1ccccc1)c1cc(C)c2[nH]ncc2c1. The van der Waals surface area contributed by atoms with E-state index in [1.807, 2.05) is 13.2 Å². The summed E-state index contributed by atoms with van der Waals surface area (Å²) >= 11 is 0. The van der Waals surface area contributed by atoms with Gasteiger partial charge in [-0.3, -0.25) is 5.10 Å². The fourth-order valence-electron chi connectivity index (χ4n) is 2.97. The molecule has 108 valence electrons. The van der Waals surface area contributed by atoms with Gasteiger partial charge in [0.25, 0.3) is 0 Å². The first-order valence-corrected chi connectivity index (χ1v) is 7.43. The average Bonchev–Trinajstić information content (AvgIpc) is 2.98. The molecule has 0 aliphatic heterocycles. The van der Waals surface area contributed by atoms with E-state index in [1.54, 1.807) is 0 Å². The Morgan fingerprint density at radius 3 is 2.71 bits per heavy atom. The highest BCUT2D eigenvalue weighted by molar-refractivity contribution is 5.82. The highest BCUT2D eigenvalue weighted by Gasteiger charge is 2.15. The van der Waals surface area contributed by atoms with Crippen LogP contribution in [0.2, 0.25) is 0 Å². The maximum Gasteiger partial charge on any atom is 0.0679 e.